The number of hydrazone groups is 1. The molecule has 0 unspecified atom stereocenters. The van der Waals surface area contributed by atoms with Gasteiger partial charge in [-0.3, -0.25) is 4.79 Å². The van der Waals surface area contributed by atoms with E-state index in [2.05, 4.69) is 21.6 Å². The molecule has 0 saturated carbocycles. The Morgan fingerprint density at radius 2 is 1.74 bits per heavy atom. The van der Waals surface area contributed by atoms with Gasteiger partial charge in [-0.1, -0.05) is 48.0 Å². The maximum Gasteiger partial charge on any atom is 0.343 e. The molecule has 5 aromatic rings. The summed E-state index contributed by atoms with van der Waals surface area (Å²) in [5.74, 6) is -0.153. The molecule has 1 amide bonds. The second-order valence-corrected chi connectivity index (χ2v) is 9.96. The summed E-state index contributed by atoms with van der Waals surface area (Å²) in [4.78, 5) is 31.3. The van der Waals surface area contributed by atoms with Crippen LogP contribution in [0.3, 0.4) is 0 Å². The molecule has 212 valence electrons. The van der Waals surface area contributed by atoms with Crippen molar-refractivity contribution in [3.8, 4) is 22.6 Å². The number of carbonyl (C=O) groups is 2. The van der Waals surface area contributed by atoms with Gasteiger partial charge in [0.25, 0.3) is 5.91 Å². The molecule has 0 bridgehead atoms. The van der Waals surface area contributed by atoms with E-state index in [0.29, 0.717) is 34.9 Å². The van der Waals surface area contributed by atoms with E-state index in [0.717, 1.165) is 33.3 Å². The Morgan fingerprint density at radius 1 is 0.929 bits per heavy atom. The quantitative estimate of drug-likeness (QED) is 0.0918. The van der Waals surface area contributed by atoms with Gasteiger partial charge in [0.1, 0.15) is 5.69 Å². The van der Waals surface area contributed by atoms with Crippen LogP contribution >= 0.6 is 0 Å². The number of benzene rings is 4. The molecule has 0 aliphatic carbocycles. The Bertz CT molecular complexity index is 1770. The fourth-order valence-corrected chi connectivity index (χ4v) is 4.64. The van der Waals surface area contributed by atoms with E-state index >= 15 is 0 Å². The summed E-state index contributed by atoms with van der Waals surface area (Å²) in [5.41, 5.74) is 8.74. The molecule has 4 aromatic carbocycles. The van der Waals surface area contributed by atoms with Gasteiger partial charge in [-0.15, -0.1) is 0 Å². The second kappa shape index (κ2) is 12.4. The Balaban J connectivity index is 1.38. The first-order valence-corrected chi connectivity index (χ1v) is 13.6. The van der Waals surface area contributed by atoms with Gasteiger partial charge < -0.3 is 19.4 Å². The van der Waals surface area contributed by atoms with Crippen molar-refractivity contribution in [1.29, 1.82) is 0 Å². The molecule has 8 heteroatoms. The van der Waals surface area contributed by atoms with Gasteiger partial charge in [-0.05, 0) is 73.5 Å². The summed E-state index contributed by atoms with van der Waals surface area (Å²) >= 11 is 0. The number of rotatable bonds is 9. The zero-order valence-corrected chi connectivity index (χ0v) is 24.0. The van der Waals surface area contributed by atoms with Crippen LogP contribution in [0.1, 0.15) is 38.9 Å². The second-order valence-electron chi connectivity index (χ2n) is 9.96. The van der Waals surface area contributed by atoms with Gasteiger partial charge in [0.05, 0.1) is 18.4 Å². The van der Waals surface area contributed by atoms with Crippen LogP contribution in [0.15, 0.2) is 96.1 Å². The lowest BCUT2D eigenvalue weighted by atomic mass is 10.0. The Morgan fingerprint density at radius 3 is 2.48 bits per heavy atom. The number of esters is 1. The van der Waals surface area contributed by atoms with Crippen molar-refractivity contribution in [3.05, 3.63) is 113 Å². The zero-order chi connectivity index (χ0) is 29.6. The van der Waals surface area contributed by atoms with Crippen molar-refractivity contribution < 1.29 is 19.1 Å². The summed E-state index contributed by atoms with van der Waals surface area (Å²) in [7, 11) is 3.96. The molecular weight excluding hydrogens is 528 g/mol. The number of anilines is 1. The van der Waals surface area contributed by atoms with Crippen molar-refractivity contribution >= 4 is 34.7 Å². The first kappa shape index (κ1) is 28.2. The molecule has 1 aromatic heterocycles. The minimum absolute atomic E-state index is 0.298. The third-order valence-electron chi connectivity index (χ3n) is 6.69. The highest BCUT2D eigenvalue weighted by atomic mass is 16.6. The van der Waals surface area contributed by atoms with Crippen molar-refractivity contribution in [2.24, 2.45) is 5.10 Å². The molecule has 0 aliphatic heterocycles. The number of amides is 1. The van der Waals surface area contributed by atoms with Gasteiger partial charge in [-0.2, -0.15) is 5.10 Å². The van der Waals surface area contributed by atoms with Crippen molar-refractivity contribution in [3.63, 3.8) is 0 Å². The lowest BCUT2D eigenvalue weighted by Gasteiger charge is -2.12. The number of carbonyl (C=O) groups excluding carboxylic acids is 2. The third kappa shape index (κ3) is 6.18. The van der Waals surface area contributed by atoms with E-state index < -0.39 is 5.97 Å². The highest BCUT2D eigenvalue weighted by Crippen LogP contribution is 2.35. The van der Waals surface area contributed by atoms with Crippen LogP contribution in [-0.4, -0.2) is 43.8 Å². The topological polar surface area (TPSA) is 96.0 Å². The molecule has 2 N–H and O–H groups in total. The molecule has 0 spiro atoms. The van der Waals surface area contributed by atoms with E-state index in [1.54, 1.807) is 30.3 Å². The summed E-state index contributed by atoms with van der Waals surface area (Å²) in [5, 5.41) is 5.14. The minimum Gasteiger partial charge on any atom is -0.490 e. The van der Waals surface area contributed by atoms with Crippen LogP contribution in [0, 0.1) is 6.92 Å². The number of aromatic nitrogens is 1. The maximum absolute atomic E-state index is 13.4. The largest absolute Gasteiger partial charge is 0.490 e. The summed E-state index contributed by atoms with van der Waals surface area (Å²) in [6, 6.07) is 28.1. The van der Waals surface area contributed by atoms with Crippen molar-refractivity contribution in [2.75, 3.05) is 25.6 Å². The van der Waals surface area contributed by atoms with Gasteiger partial charge in [0.15, 0.2) is 11.5 Å². The first-order chi connectivity index (χ1) is 20.3. The average Bonchev–Trinajstić information content (AvgIpc) is 3.38. The number of fused-ring (bicyclic) bond motifs is 1. The van der Waals surface area contributed by atoms with Crippen LogP contribution in [0.4, 0.5) is 5.69 Å². The summed E-state index contributed by atoms with van der Waals surface area (Å²) < 4.78 is 11.3. The minimum atomic E-state index is -0.474. The SMILES string of the molecule is CCOc1cc(C=NNC(=O)c2[nH]c3ccc(N(C)C)cc3c2-c2ccccc2)ccc1OC(=O)c1cccc(C)c1. The monoisotopic (exact) mass is 560 g/mol. The van der Waals surface area contributed by atoms with E-state index in [4.69, 9.17) is 9.47 Å². The molecule has 0 aliphatic rings. The zero-order valence-electron chi connectivity index (χ0n) is 24.0. The van der Waals surface area contributed by atoms with Crippen LogP contribution in [-0.2, 0) is 0 Å². The number of nitrogens with zero attached hydrogens (tertiary/aromatic N) is 2. The molecule has 0 fully saturated rings. The van der Waals surface area contributed by atoms with Crippen LogP contribution in [0.5, 0.6) is 11.5 Å². The molecule has 0 saturated heterocycles. The molecular formula is C34H32N4O4. The molecule has 0 atom stereocenters. The molecule has 1 heterocycles. The summed E-state index contributed by atoms with van der Waals surface area (Å²) in [6.45, 7) is 4.14. The number of H-pyrrole nitrogens is 1. The van der Waals surface area contributed by atoms with Crippen molar-refractivity contribution in [1.82, 2.24) is 10.4 Å². The lowest BCUT2D eigenvalue weighted by molar-refractivity contribution is 0.0728. The lowest BCUT2D eigenvalue weighted by Crippen LogP contribution is -2.18. The Hall–Kier alpha value is -5.37. The van der Waals surface area contributed by atoms with Crippen LogP contribution in [0.2, 0.25) is 0 Å². The van der Waals surface area contributed by atoms with Gasteiger partial charge in [-0.25, -0.2) is 10.2 Å². The van der Waals surface area contributed by atoms with Gasteiger partial charge >= 0.3 is 5.97 Å². The van der Waals surface area contributed by atoms with Crippen LogP contribution in [0.25, 0.3) is 22.0 Å². The smallest absolute Gasteiger partial charge is 0.343 e. The number of aryl methyl sites for hydroxylation is 1. The predicted molar refractivity (Wildman–Crippen MR) is 167 cm³/mol. The van der Waals surface area contributed by atoms with E-state index in [1.165, 1.54) is 6.21 Å². The standard InChI is InChI=1S/C34H32N4O4/c1-5-41-30-19-23(14-17-29(30)42-34(40)25-13-9-10-22(2)18-25)21-35-37-33(39)32-31(24-11-7-6-8-12-24)27-20-26(38(3)4)15-16-28(27)36-32/h6-21,36H,5H2,1-4H3,(H,37,39). The van der Waals surface area contributed by atoms with Gasteiger partial charge in [0, 0.05) is 36.2 Å². The first-order valence-electron chi connectivity index (χ1n) is 13.6. The fourth-order valence-electron chi connectivity index (χ4n) is 4.64. The highest BCUT2D eigenvalue weighted by Gasteiger charge is 2.20. The number of ether oxygens (including phenoxy) is 2. The molecule has 5 rings (SSSR count). The fraction of sp³-hybridized carbons (Fsp3) is 0.147. The third-order valence-corrected chi connectivity index (χ3v) is 6.69. The predicted octanol–water partition coefficient (Wildman–Crippen LogP) is 6.59. The summed E-state index contributed by atoms with van der Waals surface area (Å²) in [6.07, 6.45) is 1.52. The molecule has 42 heavy (non-hydrogen) atoms. The van der Waals surface area contributed by atoms with E-state index in [9.17, 15) is 9.59 Å². The van der Waals surface area contributed by atoms with Gasteiger partial charge in [0.2, 0.25) is 0 Å². The average molecular weight is 561 g/mol. The maximum atomic E-state index is 13.4. The van der Waals surface area contributed by atoms with E-state index in [-0.39, 0.29) is 5.91 Å². The molecule has 8 nitrogen and oxygen atoms in total. The number of aromatic amines is 1. The van der Waals surface area contributed by atoms with Crippen molar-refractivity contribution in [2.45, 2.75) is 13.8 Å². The molecule has 0 radical (unpaired) electrons. The number of hydrogen-bond acceptors (Lipinski definition) is 6. The Kier molecular flexibility index (Phi) is 8.34. The number of hydrogen-bond donors (Lipinski definition) is 2. The van der Waals surface area contributed by atoms with Crippen LogP contribution < -0.4 is 19.8 Å². The Labute approximate surface area is 244 Å². The number of nitrogens with one attached hydrogen (secondary N) is 2. The highest BCUT2D eigenvalue weighted by molar-refractivity contribution is 6.10. The van der Waals surface area contributed by atoms with E-state index in [1.807, 2.05) is 87.4 Å². The normalized spacial score (nSPS) is 11.0.